The van der Waals surface area contributed by atoms with E-state index in [1.54, 1.807) is 0 Å². The van der Waals surface area contributed by atoms with Gasteiger partial charge >= 0.3 is 6.03 Å². The lowest BCUT2D eigenvalue weighted by Crippen LogP contribution is -2.46. The molecule has 0 aliphatic carbocycles. The number of carbonyl (C=O) groups is 1. The van der Waals surface area contributed by atoms with Gasteiger partial charge in [-0.2, -0.15) is 0 Å². The second-order valence-corrected chi connectivity index (χ2v) is 8.23. The molecule has 2 amide bonds. The van der Waals surface area contributed by atoms with E-state index >= 15 is 0 Å². The van der Waals surface area contributed by atoms with Crippen molar-refractivity contribution in [1.82, 2.24) is 14.7 Å². The SMILES string of the molecule is CCN1CCN(c2ccccc2NC(=O)N2CCC(OCCN(C)C)CC2)CC1. The van der Waals surface area contributed by atoms with E-state index in [-0.39, 0.29) is 12.1 Å². The van der Waals surface area contributed by atoms with Gasteiger partial charge in [-0.25, -0.2) is 4.79 Å². The molecule has 0 aromatic heterocycles. The topological polar surface area (TPSA) is 51.3 Å². The predicted octanol–water partition coefficient (Wildman–Crippen LogP) is 2.40. The van der Waals surface area contributed by atoms with Crippen LogP contribution in [0.25, 0.3) is 0 Å². The van der Waals surface area contributed by atoms with Crippen LogP contribution in [0.15, 0.2) is 24.3 Å². The van der Waals surface area contributed by atoms with Crippen LogP contribution in [0, 0.1) is 0 Å². The van der Waals surface area contributed by atoms with E-state index in [1.165, 1.54) is 0 Å². The quantitative estimate of drug-likeness (QED) is 0.758. The molecule has 2 aliphatic rings. The summed E-state index contributed by atoms with van der Waals surface area (Å²) < 4.78 is 5.95. The number of urea groups is 1. The Labute approximate surface area is 175 Å². The zero-order valence-electron chi connectivity index (χ0n) is 18.3. The molecule has 0 atom stereocenters. The summed E-state index contributed by atoms with van der Waals surface area (Å²) in [5.74, 6) is 0. The number of nitrogens with zero attached hydrogens (tertiary/aromatic N) is 4. The van der Waals surface area contributed by atoms with Gasteiger partial charge in [0.1, 0.15) is 0 Å². The van der Waals surface area contributed by atoms with E-state index in [0.717, 1.165) is 83.2 Å². The van der Waals surface area contributed by atoms with Gasteiger partial charge in [0.15, 0.2) is 0 Å². The van der Waals surface area contributed by atoms with Crippen LogP contribution in [0.3, 0.4) is 0 Å². The number of hydrogen-bond acceptors (Lipinski definition) is 5. The van der Waals surface area contributed by atoms with Gasteiger partial charge < -0.3 is 29.7 Å². The van der Waals surface area contributed by atoms with Gasteiger partial charge in [-0.15, -0.1) is 0 Å². The predicted molar refractivity (Wildman–Crippen MR) is 119 cm³/mol. The average molecular weight is 404 g/mol. The van der Waals surface area contributed by atoms with Crippen molar-refractivity contribution in [3.05, 3.63) is 24.3 Å². The maximum Gasteiger partial charge on any atom is 0.321 e. The van der Waals surface area contributed by atoms with Crippen molar-refractivity contribution < 1.29 is 9.53 Å². The van der Waals surface area contributed by atoms with Crippen LogP contribution in [-0.2, 0) is 4.74 Å². The number of nitrogens with one attached hydrogen (secondary N) is 1. The molecule has 3 rings (SSSR count). The molecule has 0 saturated carbocycles. The van der Waals surface area contributed by atoms with Crippen molar-refractivity contribution in [3.8, 4) is 0 Å². The zero-order chi connectivity index (χ0) is 20.6. The first-order valence-corrected chi connectivity index (χ1v) is 11.0. The lowest BCUT2D eigenvalue weighted by atomic mass is 10.1. The number of benzene rings is 1. The standard InChI is InChI=1S/C22H37N5O2/c1-4-25-13-15-26(16-14-25)21-8-6-5-7-20(21)23-22(28)27-11-9-19(10-12-27)29-18-17-24(2)3/h5-8,19H,4,9-18H2,1-3H3,(H,23,28). The molecule has 0 unspecified atom stereocenters. The second kappa shape index (κ2) is 10.8. The fourth-order valence-electron chi connectivity index (χ4n) is 3.98. The molecule has 0 radical (unpaired) electrons. The molecular weight excluding hydrogens is 366 g/mol. The summed E-state index contributed by atoms with van der Waals surface area (Å²) in [5, 5.41) is 3.16. The maximum absolute atomic E-state index is 12.9. The van der Waals surface area contributed by atoms with Crippen LogP contribution < -0.4 is 10.2 Å². The molecule has 1 aromatic carbocycles. The summed E-state index contributed by atoms with van der Waals surface area (Å²) in [5.41, 5.74) is 2.03. The van der Waals surface area contributed by atoms with Gasteiger partial charge in [0.25, 0.3) is 0 Å². The smallest absolute Gasteiger partial charge is 0.321 e. The number of piperazine rings is 1. The third-order valence-corrected chi connectivity index (χ3v) is 5.93. The van der Waals surface area contributed by atoms with Crippen LogP contribution >= 0.6 is 0 Å². The first-order chi connectivity index (χ1) is 14.1. The van der Waals surface area contributed by atoms with Crippen LogP contribution in [0.1, 0.15) is 19.8 Å². The lowest BCUT2D eigenvalue weighted by molar-refractivity contribution is 0.0101. The molecule has 29 heavy (non-hydrogen) atoms. The van der Waals surface area contributed by atoms with Crippen LogP contribution in [0.4, 0.5) is 16.2 Å². The minimum absolute atomic E-state index is 0.00335. The van der Waals surface area contributed by atoms with Crippen molar-refractivity contribution in [2.45, 2.75) is 25.9 Å². The van der Waals surface area contributed by atoms with Gasteiger partial charge in [-0.3, -0.25) is 0 Å². The highest BCUT2D eigenvalue weighted by molar-refractivity contribution is 5.93. The molecule has 7 heteroatoms. The van der Waals surface area contributed by atoms with E-state index in [2.05, 4.69) is 47.1 Å². The van der Waals surface area contributed by atoms with Crippen LogP contribution in [0.5, 0.6) is 0 Å². The number of anilines is 2. The minimum atomic E-state index is -0.00335. The third kappa shape index (κ3) is 6.32. The summed E-state index contributed by atoms with van der Waals surface area (Å²) in [6.45, 7) is 10.6. The molecule has 1 N–H and O–H groups in total. The Hall–Kier alpha value is -1.83. The Bertz CT molecular complexity index is 638. The molecule has 2 fully saturated rings. The number of para-hydroxylation sites is 2. The highest BCUT2D eigenvalue weighted by Gasteiger charge is 2.24. The summed E-state index contributed by atoms with van der Waals surface area (Å²) in [6, 6.07) is 8.16. The van der Waals surface area contributed by atoms with E-state index < -0.39 is 0 Å². The van der Waals surface area contributed by atoms with Crippen molar-refractivity contribution >= 4 is 17.4 Å². The van der Waals surface area contributed by atoms with Crippen molar-refractivity contribution in [1.29, 1.82) is 0 Å². The third-order valence-electron chi connectivity index (χ3n) is 5.93. The first kappa shape index (κ1) is 21.9. The molecule has 7 nitrogen and oxygen atoms in total. The summed E-state index contributed by atoms with van der Waals surface area (Å²) >= 11 is 0. The highest BCUT2D eigenvalue weighted by atomic mass is 16.5. The molecular formula is C22H37N5O2. The maximum atomic E-state index is 12.9. The van der Waals surface area contributed by atoms with Crippen LogP contribution in [0.2, 0.25) is 0 Å². The zero-order valence-corrected chi connectivity index (χ0v) is 18.3. The fraction of sp³-hybridized carbons (Fsp3) is 0.682. The molecule has 2 saturated heterocycles. The van der Waals surface area contributed by atoms with Gasteiger partial charge in [0.2, 0.25) is 0 Å². The Morgan fingerprint density at radius 1 is 1.10 bits per heavy atom. The van der Waals surface area contributed by atoms with E-state index in [9.17, 15) is 4.79 Å². The molecule has 0 bridgehead atoms. The van der Waals surface area contributed by atoms with Gasteiger partial charge in [-0.1, -0.05) is 19.1 Å². The molecule has 2 aliphatic heterocycles. The van der Waals surface area contributed by atoms with Gasteiger partial charge in [0, 0.05) is 45.8 Å². The number of amides is 2. The van der Waals surface area contributed by atoms with Crippen LogP contribution in [-0.4, -0.2) is 99.9 Å². The summed E-state index contributed by atoms with van der Waals surface area (Å²) in [7, 11) is 4.11. The van der Waals surface area contributed by atoms with E-state index in [1.807, 2.05) is 23.1 Å². The monoisotopic (exact) mass is 403 g/mol. The number of likely N-dealkylation sites (tertiary alicyclic amines) is 1. The van der Waals surface area contributed by atoms with Crippen molar-refractivity contribution in [2.75, 3.05) is 83.3 Å². The number of rotatable bonds is 7. The summed E-state index contributed by atoms with van der Waals surface area (Å²) in [4.78, 5) is 21.7. The Kier molecular flexibility index (Phi) is 8.15. The normalized spacial score (nSPS) is 19.0. The lowest BCUT2D eigenvalue weighted by Gasteiger charge is -2.37. The average Bonchev–Trinajstić information content (AvgIpc) is 2.74. The first-order valence-electron chi connectivity index (χ1n) is 11.0. The number of likely N-dealkylation sites (N-methyl/N-ethyl adjacent to an activating group) is 2. The number of piperidine rings is 1. The van der Waals surface area contributed by atoms with E-state index in [4.69, 9.17) is 4.74 Å². The van der Waals surface area contributed by atoms with Crippen molar-refractivity contribution in [2.24, 2.45) is 0 Å². The number of carbonyl (C=O) groups excluding carboxylic acids is 1. The molecule has 1 aromatic rings. The second-order valence-electron chi connectivity index (χ2n) is 8.23. The number of hydrogen-bond donors (Lipinski definition) is 1. The fourth-order valence-corrected chi connectivity index (χ4v) is 3.98. The van der Waals surface area contributed by atoms with Crippen molar-refractivity contribution in [3.63, 3.8) is 0 Å². The largest absolute Gasteiger partial charge is 0.377 e. The highest BCUT2D eigenvalue weighted by Crippen LogP contribution is 2.27. The Balaban J connectivity index is 1.50. The number of ether oxygens (including phenoxy) is 1. The molecule has 2 heterocycles. The molecule has 0 spiro atoms. The Morgan fingerprint density at radius 3 is 2.45 bits per heavy atom. The minimum Gasteiger partial charge on any atom is -0.377 e. The van der Waals surface area contributed by atoms with Gasteiger partial charge in [-0.05, 0) is 45.6 Å². The van der Waals surface area contributed by atoms with Gasteiger partial charge in [0.05, 0.1) is 24.1 Å². The van der Waals surface area contributed by atoms with E-state index in [0.29, 0.717) is 0 Å². The molecule has 162 valence electrons. The summed E-state index contributed by atoms with van der Waals surface area (Å²) in [6.07, 6.45) is 2.07. The Morgan fingerprint density at radius 2 is 1.79 bits per heavy atom.